The Morgan fingerprint density at radius 1 is 1.23 bits per heavy atom. The zero-order valence-corrected chi connectivity index (χ0v) is 15.9. The molecular formula is C17H22ClFN6S. The van der Waals surface area contributed by atoms with Gasteiger partial charge in [-0.05, 0) is 44.1 Å². The van der Waals surface area contributed by atoms with Crippen molar-refractivity contribution in [3.05, 3.63) is 39.8 Å². The fourth-order valence-electron chi connectivity index (χ4n) is 3.52. The number of rotatable bonds is 4. The Kier molecular flexibility index (Phi) is 5.11. The van der Waals surface area contributed by atoms with Crippen LogP contribution in [0.15, 0.2) is 33.9 Å². The highest BCUT2D eigenvalue weighted by atomic mass is 35.5. The number of nitrogens with zero attached hydrogens (tertiary/aromatic N) is 4. The van der Waals surface area contributed by atoms with E-state index in [0.29, 0.717) is 5.69 Å². The summed E-state index contributed by atoms with van der Waals surface area (Å²) in [6.45, 7) is 4.13. The zero-order chi connectivity index (χ0) is 18.3. The second-order valence-corrected chi connectivity index (χ2v) is 8.20. The summed E-state index contributed by atoms with van der Waals surface area (Å²) in [6.07, 6.45) is 3.80. The molecule has 6 nitrogen and oxygen atoms in total. The van der Waals surface area contributed by atoms with E-state index in [0.717, 1.165) is 36.9 Å². The maximum atomic E-state index is 13.4. The average molecular weight is 397 g/mol. The van der Waals surface area contributed by atoms with Gasteiger partial charge in [0, 0.05) is 18.8 Å². The molecule has 1 fully saturated rings. The van der Waals surface area contributed by atoms with Crippen molar-refractivity contribution in [2.45, 2.75) is 24.5 Å². The lowest BCUT2D eigenvalue weighted by molar-refractivity contribution is 0.256. The van der Waals surface area contributed by atoms with Crippen LogP contribution in [0.4, 0.5) is 10.1 Å². The number of thioether (sulfide) groups is 1. The number of benzene rings is 1. The minimum absolute atomic E-state index is 0.0610. The lowest BCUT2D eigenvalue weighted by atomic mass is 10.2. The molecule has 4 N–H and O–H groups in total. The Morgan fingerprint density at radius 2 is 2.00 bits per heavy atom. The predicted octanol–water partition coefficient (Wildman–Crippen LogP) is 2.17. The van der Waals surface area contributed by atoms with Crippen LogP contribution >= 0.6 is 23.4 Å². The lowest BCUT2D eigenvalue weighted by Gasteiger charge is -2.31. The number of nitrogens with two attached hydrogens (primary N) is 2. The summed E-state index contributed by atoms with van der Waals surface area (Å²) in [4.78, 5) is 11.9. The van der Waals surface area contributed by atoms with Crippen LogP contribution in [-0.2, 0) is 0 Å². The highest BCUT2D eigenvalue weighted by molar-refractivity contribution is 8.03. The van der Waals surface area contributed by atoms with Crippen LogP contribution in [-0.4, -0.2) is 54.0 Å². The molecule has 140 valence electrons. The van der Waals surface area contributed by atoms with Gasteiger partial charge in [-0.2, -0.15) is 0 Å². The molecule has 26 heavy (non-hydrogen) atoms. The molecule has 3 aliphatic rings. The monoisotopic (exact) mass is 396 g/mol. The molecule has 0 bridgehead atoms. The first-order valence-electron chi connectivity index (χ1n) is 8.73. The maximum absolute atomic E-state index is 13.4. The summed E-state index contributed by atoms with van der Waals surface area (Å²) in [5, 5.41) is 0.0610. The lowest BCUT2D eigenvalue weighted by Crippen LogP contribution is -2.45. The zero-order valence-electron chi connectivity index (χ0n) is 14.3. The molecule has 0 aromatic heterocycles. The fraction of sp³-hybridized carbons (Fsp3) is 0.471. The van der Waals surface area contributed by atoms with Crippen molar-refractivity contribution >= 4 is 35.4 Å². The number of hydrogen-bond acceptors (Lipinski definition) is 7. The Bertz CT molecular complexity index is 751. The molecule has 0 spiro atoms. The van der Waals surface area contributed by atoms with Gasteiger partial charge in [0.1, 0.15) is 23.3 Å². The Balaban J connectivity index is 1.51. The number of likely N-dealkylation sites (tertiary alicyclic amines) is 1. The SMILES string of the molecule is NC1SC2=C(N=CN(c3ccc(F)c(Cl)c3)C2N)N1CCN1CCCC1. The van der Waals surface area contributed by atoms with E-state index in [1.54, 1.807) is 23.4 Å². The third-order valence-electron chi connectivity index (χ3n) is 4.98. The van der Waals surface area contributed by atoms with Gasteiger partial charge in [0.05, 0.1) is 16.3 Å². The van der Waals surface area contributed by atoms with Crippen molar-refractivity contribution in [2.75, 3.05) is 31.1 Å². The number of anilines is 1. The first-order valence-corrected chi connectivity index (χ1v) is 9.99. The average Bonchev–Trinajstić information content (AvgIpc) is 3.24. The summed E-state index contributed by atoms with van der Waals surface area (Å²) in [5.41, 5.74) is 13.3. The highest BCUT2D eigenvalue weighted by Gasteiger charge is 2.37. The largest absolute Gasteiger partial charge is 0.330 e. The molecule has 2 atom stereocenters. The molecular weight excluding hydrogens is 375 g/mol. The van der Waals surface area contributed by atoms with Gasteiger partial charge < -0.3 is 26.2 Å². The number of halogens is 2. The first kappa shape index (κ1) is 18.1. The van der Waals surface area contributed by atoms with Gasteiger partial charge >= 0.3 is 0 Å². The number of aliphatic imine (C=N–C) groups is 1. The van der Waals surface area contributed by atoms with Crippen molar-refractivity contribution in [3.8, 4) is 0 Å². The van der Waals surface area contributed by atoms with E-state index in [-0.39, 0.29) is 10.5 Å². The Hall–Kier alpha value is -1.32. The van der Waals surface area contributed by atoms with Crippen LogP contribution in [0.5, 0.6) is 0 Å². The van der Waals surface area contributed by atoms with Crippen LogP contribution in [0.2, 0.25) is 5.02 Å². The Labute approximate surface area is 161 Å². The van der Waals surface area contributed by atoms with Crippen molar-refractivity contribution in [2.24, 2.45) is 16.5 Å². The molecule has 0 amide bonds. The standard InChI is InChI=1S/C17H22ClFN6S/c18-12-9-11(3-4-13(12)19)25-10-22-16-14(15(25)20)26-17(21)24(16)8-7-23-5-1-2-6-23/h3-4,9-10,15,17H,1-2,5-8,20-21H2. The Morgan fingerprint density at radius 3 is 2.73 bits per heavy atom. The summed E-state index contributed by atoms with van der Waals surface area (Å²) >= 11 is 7.44. The van der Waals surface area contributed by atoms with E-state index >= 15 is 0 Å². The third kappa shape index (κ3) is 3.32. The molecule has 3 aliphatic heterocycles. The minimum Gasteiger partial charge on any atom is -0.330 e. The van der Waals surface area contributed by atoms with Crippen LogP contribution < -0.4 is 16.4 Å². The van der Waals surface area contributed by atoms with Crippen LogP contribution in [0, 0.1) is 5.82 Å². The molecule has 1 aromatic carbocycles. The van der Waals surface area contributed by atoms with Crippen molar-refractivity contribution < 1.29 is 4.39 Å². The molecule has 9 heteroatoms. The van der Waals surface area contributed by atoms with Gasteiger partial charge in [-0.15, -0.1) is 0 Å². The fourth-order valence-corrected chi connectivity index (χ4v) is 4.82. The van der Waals surface area contributed by atoms with Crippen molar-refractivity contribution in [1.82, 2.24) is 9.80 Å². The van der Waals surface area contributed by atoms with Crippen LogP contribution in [0.1, 0.15) is 12.8 Å². The van der Waals surface area contributed by atoms with Gasteiger partial charge in [-0.25, -0.2) is 9.38 Å². The van der Waals surface area contributed by atoms with Crippen molar-refractivity contribution in [3.63, 3.8) is 0 Å². The minimum atomic E-state index is -0.455. The quantitative estimate of drug-likeness (QED) is 0.812. The predicted molar refractivity (Wildman–Crippen MR) is 105 cm³/mol. The second-order valence-electron chi connectivity index (χ2n) is 6.63. The highest BCUT2D eigenvalue weighted by Crippen LogP contribution is 2.41. The molecule has 1 saturated heterocycles. The molecule has 0 aliphatic carbocycles. The molecule has 1 aromatic rings. The van der Waals surface area contributed by atoms with E-state index in [2.05, 4.69) is 14.8 Å². The molecule has 0 radical (unpaired) electrons. The van der Waals surface area contributed by atoms with E-state index in [1.807, 2.05) is 0 Å². The van der Waals surface area contributed by atoms with Crippen molar-refractivity contribution in [1.29, 1.82) is 0 Å². The topological polar surface area (TPSA) is 74.1 Å². The van der Waals surface area contributed by atoms with Gasteiger partial charge in [-0.1, -0.05) is 23.4 Å². The summed E-state index contributed by atoms with van der Waals surface area (Å²) in [7, 11) is 0. The summed E-state index contributed by atoms with van der Waals surface area (Å²) in [6, 6.07) is 4.53. The second kappa shape index (κ2) is 7.36. The van der Waals surface area contributed by atoms with Gasteiger partial charge in [0.15, 0.2) is 0 Å². The maximum Gasteiger partial charge on any atom is 0.145 e. The van der Waals surface area contributed by atoms with E-state index in [9.17, 15) is 4.39 Å². The smallest absolute Gasteiger partial charge is 0.145 e. The first-order chi connectivity index (χ1) is 12.5. The molecule has 0 saturated carbocycles. The van der Waals surface area contributed by atoms with Gasteiger partial charge in [0.2, 0.25) is 0 Å². The molecule has 2 unspecified atom stereocenters. The molecule has 4 rings (SSSR count). The normalized spacial score (nSPS) is 26.2. The van der Waals surface area contributed by atoms with E-state index in [1.165, 1.54) is 30.7 Å². The van der Waals surface area contributed by atoms with Crippen LogP contribution in [0.3, 0.4) is 0 Å². The van der Waals surface area contributed by atoms with E-state index < -0.39 is 12.0 Å². The third-order valence-corrected chi connectivity index (χ3v) is 6.44. The van der Waals surface area contributed by atoms with Gasteiger partial charge in [0.25, 0.3) is 0 Å². The van der Waals surface area contributed by atoms with Gasteiger partial charge in [-0.3, -0.25) is 0 Å². The van der Waals surface area contributed by atoms with Crippen LogP contribution in [0.25, 0.3) is 0 Å². The van der Waals surface area contributed by atoms with E-state index in [4.69, 9.17) is 23.1 Å². The number of hydrogen-bond donors (Lipinski definition) is 2. The summed E-state index contributed by atoms with van der Waals surface area (Å²) in [5.74, 6) is 0.391. The molecule has 3 heterocycles. The summed E-state index contributed by atoms with van der Waals surface area (Å²) < 4.78 is 13.4.